The molecule has 6 nitrogen and oxygen atoms in total. The van der Waals surface area contributed by atoms with E-state index in [-0.39, 0.29) is 22.1 Å². The number of thiophene rings is 1. The van der Waals surface area contributed by atoms with Crippen LogP contribution in [-0.2, 0) is 0 Å². The number of carboxylic acid groups (broad SMARTS) is 1. The normalized spacial score (nSPS) is 10.9. The molecule has 0 aliphatic rings. The number of amides is 1. The number of anilines is 1. The number of rotatable bonds is 5. The Morgan fingerprint density at radius 2 is 1.83 bits per heavy atom. The van der Waals surface area contributed by atoms with Crippen molar-refractivity contribution in [3.05, 3.63) is 70.8 Å². The van der Waals surface area contributed by atoms with Crippen LogP contribution in [0.25, 0.3) is 22.1 Å². The number of furan rings is 1. The highest BCUT2D eigenvalue weighted by Gasteiger charge is 2.26. The molecule has 0 bridgehead atoms. The van der Waals surface area contributed by atoms with E-state index >= 15 is 0 Å². The molecule has 0 fully saturated rings. The van der Waals surface area contributed by atoms with Crippen molar-refractivity contribution in [2.45, 2.75) is 0 Å². The van der Waals surface area contributed by atoms with E-state index in [1.165, 1.54) is 18.6 Å². The molecule has 2 heterocycles. The van der Waals surface area contributed by atoms with Gasteiger partial charge in [-0.3, -0.25) is 4.79 Å². The number of halogens is 2. The number of benzene rings is 2. The number of nitrogens with one attached hydrogen (secondary N) is 1. The van der Waals surface area contributed by atoms with E-state index in [4.69, 9.17) is 9.15 Å². The number of carboxylic acids is 1. The van der Waals surface area contributed by atoms with Gasteiger partial charge in [-0.25, -0.2) is 13.6 Å². The maximum Gasteiger partial charge on any atom is 0.339 e. The van der Waals surface area contributed by atoms with Crippen LogP contribution in [0.15, 0.2) is 52.3 Å². The van der Waals surface area contributed by atoms with Gasteiger partial charge in [-0.2, -0.15) is 0 Å². The Bertz CT molecular complexity index is 1240. The Labute approximate surface area is 172 Å². The van der Waals surface area contributed by atoms with Crippen molar-refractivity contribution in [3.63, 3.8) is 0 Å². The van der Waals surface area contributed by atoms with Crippen LogP contribution in [0.4, 0.5) is 13.8 Å². The summed E-state index contributed by atoms with van der Waals surface area (Å²) in [4.78, 5) is 24.4. The van der Waals surface area contributed by atoms with Crippen LogP contribution < -0.4 is 10.1 Å². The van der Waals surface area contributed by atoms with Crippen LogP contribution in [0.1, 0.15) is 20.9 Å². The van der Waals surface area contributed by atoms with E-state index < -0.39 is 34.6 Å². The van der Waals surface area contributed by atoms with Gasteiger partial charge >= 0.3 is 5.97 Å². The molecular formula is C21H13F2NO5S. The number of hydrogen-bond acceptors (Lipinski definition) is 5. The van der Waals surface area contributed by atoms with Crippen molar-refractivity contribution < 1.29 is 32.6 Å². The van der Waals surface area contributed by atoms with Gasteiger partial charge in [0.25, 0.3) is 5.91 Å². The zero-order valence-electron chi connectivity index (χ0n) is 15.4. The second-order valence-electron chi connectivity index (χ2n) is 6.23. The van der Waals surface area contributed by atoms with Gasteiger partial charge in [0.15, 0.2) is 5.76 Å². The zero-order valence-corrected chi connectivity index (χ0v) is 16.2. The molecule has 9 heteroatoms. The van der Waals surface area contributed by atoms with Crippen LogP contribution >= 0.6 is 11.3 Å². The fraction of sp³-hybridized carbons (Fsp3) is 0.0476. The number of carbonyl (C=O) groups excluding carboxylic acids is 1. The predicted molar refractivity (Wildman–Crippen MR) is 107 cm³/mol. The molecule has 30 heavy (non-hydrogen) atoms. The van der Waals surface area contributed by atoms with E-state index in [1.54, 1.807) is 24.3 Å². The van der Waals surface area contributed by atoms with Gasteiger partial charge in [0, 0.05) is 28.5 Å². The summed E-state index contributed by atoms with van der Waals surface area (Å²) in [5, 5.41) is 14.0. The number of para-hydroxylation sites is 1. The summed E-state index contributed by atoms with van der Waals surface area (Å²) in [5.74, 6) is -4.16. The Hall–Kier alpha value is -3.72. The SMILES string of the molecule is COc1cc(F)c(-c2csc(NC(=O)c3cc4ccccc4o3)c2C(=O)O)c(F)c1. The maximum absolute atomic E-state index is 14.5. The topological polar surface area (TPSA) is 88.8 Å². The molecular weight excluding hydrogens is 416 g/mol. The van der Waals surface area contributed by atoms with Gasteiger partial charge < -0.3 is 19.6 Å². The lowest BCUT2D eigenvalue weighted by Gasteiger charge is -2.08. The summed E-state index contributed by atoms with van der Waals surface area (Å²) in [7, 11) is 1.26. The number of methoxy groups -OCH3 is 1. The minimum absolute atomic E-state index is 0.0238. The number of hydrogen-bond donors (Lipinski definition) is 2. The van der Waals surface area contributed by atoms with Crippen molar-refractivity contribution >= 4 is 39.2 Å². The van der Waals surface area contributed by atoms with Gasteiger partial charge in [-0.1, -0.05) is 18.2 Å². The highest BCUT2D eigenvalue weighted by molar-refractivity contribution is 7.15. The van der Waals surface area contributed by atoms with Crippen LogP contribution in [0.5, 0.6) is 5.75 Å². The van der Waals surface area contributed by atoms with E-state index in [1.807, 2.05) is 0 Å². The average Bonchev–Trinajstić information content (AvgIpc) is 3.31. The number of carbonyl (C=O) groups is 2. The quantitative estimate of drug-likeness (QED) is 0.444. The molecule has 0 saturated carbocycles. The molecule has 4 aromatic rings. The van der Waals surface area contributed by atoms with E-state index in [9.17, 15) is 23.5 Å². The third-order valence-corrected chi connectivity index (χ3v) is 5.30. The Kier molecular flexibility index (Phi) is 4.96. The minimum atomic E-state index is -1.44. The van der Waals surface area contributed by atoms with E-state index in [0.29, 0.717) is 11.0 Å². The molecule has 2 aromatic carbocycles. The molecule has 1 amide bonds. The molecule has 0 atom stereocenters. The lowest BCUT2D eigenvalue weighted by atomic mass is 10.0. The van der Waals surface area contributed by atoms with Gasteiger partial charge in [0.05, 0.1) is 12.7 Å². The van der Waals surface area contributed by atoms with Crippen LogP contribution in [0.3, 0.4) is 0 Å². The highest BCUT2D eigenvalue weighted by Crippen LogP contribution is 2.39. The van der Waals surface area contributed by atoms with Crippen molar-refractivity contribution in [1.82, 2.24) is 0 Å². The fourth-order valence-electron chi connectivity index (χ4n) is 3.03. The van der Waals surface area contributed by atoms with Gasteiger partial charge in [0.1, 0.15) is 33.5 Å². The van der Waals surface area contributed by atoms with Crippen LogP contribution in [-0.4, -0.2) is 24.1 Å². The number of fused-ring (bicyclic) bond motifs is 1. The van der Waals surface area contributed by atoms with Crippen molar-refractivity contribution in [3.8, 4) is 16.9 Å². The lowest BCUT2D eigenvalue weighted by Crippen LogP contribution is -2.13. The third-order valence-electron chi connectivity index (χ3n) is 4.40. The molecule has 0 spiro atoms. The monoisotopic (exact) mass is 429 g/mol. The Balaban J connectivity index is 1.73. The first kappa shape index (κ1) is 19.6. The standard InChI is InChI=1S/C21H13F2NO5S/c1-28-11-7-13(22)17(14(23)8-11)12-9-30-20(18(12)21(26)27)24-19(25)16-6-10-4-2-3-5-15(10)29-16/h2-9H,1H3,(H,24,25)(H,26,27). The summed E-state index contributed by atoms with van der Waals surface area (Å²) in [6.07, 6.45) is 0. The number of ether oxygens (including phenoxy) is 1. The Morgan fingerprint density at radius 3 is 2.47 bits per heavy atom. The zero-order chi connectivity index (χ0) is 21.4. The first-order valence-electron chi connectivity index (χ1n) is 8.57. The second-order valence-corrected chi connectivity index (χ2v) is 7.11. The summed E-state index contributed by atoms with van der Waals surface area (Å²) in [6.45, 7) is 0. The van der Waals surface area contributed by atoms with Crippen LogP contribution in [0, 0.1) is 11.6 Å². The minimum Gasteiger partial charge on any atom is -0.497 e. The van der Waals surface area contributed by atoms with Gasteiger partial charge in [-0.15, -0.1) is 11.3 Å². The molecule has 2 aromatic heterocycles. The van der Waals surface area contributed by atoms with Crippen molar-refractivity contribution in [1.29, 1.82) is 0 Å². The smallest absolute Gasteiger partial charge is 0.339 e. The first-order valence-corrected chi connectivity index (χ1v) is 9.45. The molecule has 4 rings (SSSR count). The lowest BCUT2D eigenvalue weighted by molar-refractivity contribution is 0.0699. The molecule has 0 aliphatic heterocycles. The largest absolute Gasteiger partial charge is 0.497 e. The summed E-state index contributed by atoms with van der Waals surface area (Å²) in [6, 6.07) is 10.4. The first-order chi connectivity index (χ1) is 14.4. The van der Waals surface area contributed by atoms with Crippen molar-refractivity contribution in [2.75, 3.05) is 12.4 Å². The van der Waals surface area contributed by atoms with Gasteiger partial charge in [-0.05, 0) is 12.1 Å². The van der Waals surface area contributed by atoms with Crippen molar-refractivity contribution in [2.24, 2.45) is 0 Å². The third kappa shape index (κ3) is 3.39. The fourth-order valence-corrected chi connectivity index (χ4v) is 3.97. The summed E-state index contributed by atoms with van der Waals surface area (Å²) < 4.78 is 39.2. The second kappa shape index (κ2) is 7.60. The number of aromatic carboxylic acids is 1. The molecule has 0 saturated heterocycles. The maximum atomic E-state index is 14.5. The average molecular weight is 429 g/mol. The van der Waals surface area contributed by atoms with Crippen LogP contribution in [0.2, 0.25) is 0 Å². The molecule has 0 radical (unpaired) electrons. The van der Waals surface area contributed by atoms with Gasteiger partial charge in [0.2, 0.25) is 0 Å². The predicted octanol–water partition coefficient (Wildman–Crippen LogP) is 5.40. The summed E-state index contributed by atoms with van der Waals surface area (Å²) >= 11 is 0.838. The molecule has 0 unspecified atom stereocenters. The van der Waals surface area contributed by atoms with E-state index in [0.717, 1.165) is 23.5 Å². The van der Waals surface area contributed by atoms with E-state index in [2.05, 4.69) is 5.32 Å². The Morgan fingerprint density at radius 1 is 1.13 bits per heavy atom. The molecule has 152 valence electrons. The molecule has 0 aliphatic carbocycles. The summed E-state index contributed by atoms with van der Waals surface area (Å²) in [5.41, 5.74) is -0.637. The molecule has 2 N–H and O–H groups in total. The highest BCUT2D eigenvalue weighted by atomic mass is 32.1.